The molecule has 102 valence electrons. The van der Waals surface area contributed by atoms with E-state index in [1.165, 1.54) is 24.5 Å². The van der Waals surface area contributed by atoms with E-state index >= 15 is 0 Å². The number of carbonyl (C=O) groups is 2. The van der Waals surface area contributed by atoms with Crippen molar-refractivity contribution < 1.29 is 14.0 Å². The monoisotopic (exact) mass is 311 g/mol. The van der Waals surface area contributed by atoms with Crippen LogP contribution in [-0.4, -0.2) is 16.6 Å². The molecule has 1 aromatic heterocycles. The highest BCUT2D eigenvalue weighted by molar-refractivity contribution is 6.37. The second kappa shape index (κ2) is 6.11. The number of halogens is 3. The molecule has 1 aromatic carbocycles. The predicted molar refractivity (Wildman–Crippen MR) is 73.9 cm³/mol. The summed E-state index contributed by atoms with van der Waals surface area (Å²) in [6, 6.07) is 5.08. The van der Waals surface area contributed by atoms with Gasteiger partial charge in [-0.2, -0.15) is 0 Å². The fourth-order valence-corrected chi connectivity index (χ4v) is 2.11. The second-order valence-electron chi connectivity index (χ2n) is 4.01. The number of hydrogen-bond donors (Lipinski definition) is 0. The Hall–Kier alpha value is -1.78. The van der Waals surface area contributed by atoms with Crippen molar-refractivity contribution in [2.75, 3.05) is 0 Å². The SMILES string of the molecule is O=C(CC(=O)c1cc(F)c(Cl)cc1Cl)c1ccncc1. The lowest BCUT2D eigenvalue weighted by atomic mass is 10.0. The third-order valence-corrected chi connectivity index (χ3v) is 3.24. The summed E-state index contributed by atoms with van der Waals surface area (Å²) in [5.41, 5.74) is 0.301. The van der Waals surface area contributed by atoms with Gasteiger partial charge in [0.1, 0.15) is 5.82 Å². The summed E-state index contributed by atoms with van der Waals surface area (Å²) in [4.78, 5) is 27.6. The summed E-state index contributed by atoms with van der Waals surface area (Å²) in [7, 11) is 0. The van der Waals surface area contributed by atoms with E-state index in [1.807, 2.05) is 0 Å². The molecule has 20 heavy (non-hydrogen) atoms. The van der Waals surface area contributed by atoms with Crippen molar-refractivity contribution in [2.45, 2.75) is 6.42 Å². The quantitative estimate of drug-likeness (QED) is 0.487. The van der Waals surface area contributed by atoms with Crippen molar-refractivity contribution >= 4 is 34.8 Å². The summed E-state index contributed by atoms with van der Waals surface area (Å²) in [6.07, 6.45) is 2.50. The van der Waals surface area contributed by atoms with Crippen molar-refractivity contribution in [3.63, 3.8) is 0 Å². The lowest BCUT2D eigenvalue weighted by Crippen LogP contribution is -2.09. The van der Waals surface area contributed by atoms with E-state index in [4.69, 9.17) is 23.2 Å². The Morgan fingerprint density at radius 3 is 2.35 bits per heavy atom. The van der Waals surface area contributed by atoms with Crippen LogP contribution in [0.2, 0.25) is 10.0 Å². The molecule has 0 bridgehead atoms. The number of nitrogens with zero attached hydrogens (tertiary/aromatic N) is 1. The first-order valence-corrected chi connectivity index (χ1v) is 6.35. The molecule has 0 aliphatic heterocycles. The van der Waals surface area contributed by atoms with Crippen LogP contribution in [0, 0.1) is 5.82 Å². The van der Waals surface area contributed by atoms with Gasteiger partial charge in [-0.1, -0.05) is 23.2 Å². The maximum absolute atomic E-state index is 13.3. The summed E-state index contributed by atoms with van der Waals surface area (Å²) in [5.74, 6) is -1.70. The first-order valence-electron chi connectivity index (χ1n) is 5.60. The summed E-state index contributed by atoms with van der Waals surface area (Å²) >= 11 is 11.4. The Morgan fingerprint density at radius 2 is 1.70 bits per heavy atom. The van der Waals surface area contributed by atoms with Crippen molar-refractivity contribution in [1.82, 2.24) is 4.98 Å². The Kier molecular flexibility index (Phi) is 4.47. The number of Topliss-reactive ketones (excluding diaryl/α,β-unsaturated/α-hetero) is 2. The third-order valence-electron chi connectivity index (χ3n) is 2.63. The van der Waals surface area contributed by atoms with Crippen LogP contribution in [0.1, 0.15) is 27.1 Å². The largest absolute Gasteiger partial charge is 0.294 e. The zero-order valence-corrected chi connectivity index (χ0v) is 11.6. The lowest BCUT2D eigenvalue weighted by molar-refractivity contribution is 0.0894. The Morgan fingerprint density at radius 1 is 1.05 bits per heavy atom. The Labute approximate surface area is 124 Å². The van der Waals surface area contributed by atoms with Gasteiger partial charge in [0, 0.05) is 23.5 Å². The molecule has 0 amide bonds. The normalized spacial score (nSPS) is 10.3. The lowest BCUT2D eigenvalue weighted by Gasteiger charge is -2.05. The van der Waals surface area contributed by atoms with Gasteiger partial charge in [0.05, 0.1) is 16.5 Å². The number of aromatic nitrogens is 1. The molecule has 0 spiro atoms. The van der Waals surface area contributed by atoms with Crippen LogP contribution in [0.4, 0.5) is 4.39 Å². The highest BCUT2D eigenvalue weighted by Crippen LogP contribution is 2.25. The van der Waals surface area contributed by atoms with Crippen LogP contribution < -0.4 is 0 Å². The zero-order chi connectivity index (χ0) is 14.7. The van der Waals surface area contributed by atoms with E-state index < -0.39 is 18.0 Å². The second-order valence-corrected chi connectivity index (χ2v) is 4.82. The van der Waals surface area contributed by atoms with Crippen LogP contribution >= 0.6 is 23.2 Å². The number of pyridine rings is 1. The molecule has 0 saturated heterocycles. The van der Waals surface area contributed by atoms with Gasteiger partial charge >= 0.3 is 0 Å². The summed E-state index contributed by atoms with van der Waals surface area (Å²) < 4.78 is 13.3. The van der Waals surface area contributed by atoms with E-state index in [2.05, 4.69) is 4.98 Å². The van der Waals surface area contributed by atoms with Gasteiger partial charge in [0.15, 0.2) is 11.6 Å². The highest BCUT2D eigenvalue weighted by Gasteiger charge is 2.18. The Balaban J connectivity index is 2.21. The summed E-state index contributed by atoms with van der Waals surface area (Å²) in [6.45, 7) is 0. The number of ketones is 2. The smallest absolute Gasteiger partial charge is 0.172 e. The van der Waals surface area contributed by atoms with Gasteiger partial charge in [-0.3, -0.25) is 14.6 Å². The maximum atomic E-state index is 13.3. The van der Waals surface area contributed by atoms with Crippen LogP contribution in [0.15, 0.2) is 36.7 Å². The van der Waals surface area contributed by atoms with Crippen LogP contribution in [0.5, 0.6) is 0 Å². The van der Waals surface area contributed by atoms with Crippen LogP contribution in [-0.2, 0) is 0 Å². The van der Waals surface area contributed by atoms with E-state index in [1.54, 1.807) is 0 Å². The van der Waals surface area contributed by atoms with Crippen molar-refractivity contribution in [1.29, 1.82) is 0 Å². The first-order chi connectivity index (χ1) is 9.49. The average Bonchev–Trinajstić information content (AvgIpc) is 2.43. The highest BCUT2D eigenvalue weighted by atomic mass is 35.5. The predicted octanol–water partition coefficient (Wildman–Crippen LogP) is 3.98. The Bertz CT molecular complexity index is 674. The van der Waals surface area contributed by atoms with Crippen molar-refractivity contribution in [3.05, 3.63) is 63.6 Å². The van der Waals surface area contributed by atoms with Crippen LogP contribution in [0.25, 0.3) is 0 Å². The summed E-state index contributed by atoms with van der Waals surface area (Å²) in [5, 5.41) is -0.157. The minimum atomic E-state index is -0.754. The topological polar surface area (TPSA) is 47.0 Å². The molecule has 0 atom stereocenters. The van der Waals surface area contributed by atoms with Gasteiger partial charge in [-0.25, -0.2) is 4.39 Å². The number of rotatable bonds is 4. The molecule has 1 heterocycles. The van der Waals surface area contributed by atoms with E-state index in [0.29, 0.717) is 5.56 Å². The van der Waals surface area contributed by atoms with Gasteiger partial charge < -0.3 is 0 Å². The fraction of sp³-hybridized carbons (Fsp3) is 0.0714. The molecule has 0 N–H and O–H groups in total. The van der Waals surface area contributed by atoms with E-state index in [-0.39, 0.29) is 21.4 Å². The molecule has 2 aromatic rings. The van der Waals surface area contributed by atoms with E-state index in [9.17, 15) is 14.0 Å². The van der Waals surface area contributed by atoms with Gasteiger partial charge in [0.2, 0.25) is 0 Å². The molecular formula is C14H8Cl2FNO2. The molecule has 0 aliphatic carbocycles. The van der Waals surface area contributed by atoms with Crippen LogP contribution in [0.3, 0.4) is 0 Å². The standard InChI is InChI=1S/C14H8Cl2FNO2/c15-10-6-11(16)12(17)5-9(10)14(20)7-13(19)8-1-3-18-4-2-8/h1-6H,7H2. The average molecular weight is 312 g/mol. The van der Waals surface area contributed by atoms with Gasteiger partial charge in [-0.05, 0) is 24.3 Å². The number of carbonyl (C=O) groups excluding carboxylic acids is 2. The number of hydrogen-bond acceptors (Lipinski definition) is 3. The minimum Gasteiger partial charge on any atom is -0.294 e. The maximum Gasteiger partial charge on any atom is 0.172 e. The molecule has 0 aliphatic rings. The molecule has 0 fully saturated rings. The number of benzene rings is 1. The van der Waals surface area contributed by atoms with Gasteiger partial charge in [-0.15, -0.1) is 0 Å². The molecule has 0 saturated carbocycles. The first kappa shape index (κ1) is 14.6. The van der Waals surface area contributed by atoms with Crippen molar-refractivity contribution in [3.8, 4) is 0 Å². The molecule has 3 nitrogen and oxygen atoms in total. The molecular weight excluding hydrogens is 304 g/mol. The third kappa shape index (κ3) is 3.21. The molecule has 6 heteroatoms. The van der Waals surface area contributed by atoms with E-state index in [0.717, 1.165) is 12.1 Å². The fourth-order valence-electron chi connectivity index (χ4n) is 1.62. The van der Waals surface area contributed by atoms with Gasteiger partial charge in [0.25, 0.3) is 0 Å². The molecule has 0 radical (unpaired) electrons. The molecule has 2 rings (SSSR count). The van der Waals surface area contributed by atoms with Crippen molar-refractivity contribution in [2.24, 2.45) is 0 Å². The minimum absolute atomic E-state index is 0.0175. The molecule has 0 unspecified atom stereocenters. The zero-order valence-electron chi connectivity index (χ0n) is 10.1.